The van der Waals surface area contributed by atoms with Gasteiger partial charge in [0, 0.05) is 31.7 Å². The fraction of sp³-hybridized carbons (Fsp3) is 0.600. The molecule has 1 heterocycles. The number of hydrogen-bond acceptors (Lipinski definition) is 5. The summed E-state index contributed by atoms with van der Waals surface area (Å²) >= 11 is 0. The summed E-state index contributed by atoms with van der Waals surface area (Å²) in [5, 5.41) is 15.0. The van der Waals surface area contributed by atoms with Crippen molar-refractivity contribution in [3.8, 4) is 5.75 Å². The van der Waals surface area contributed by atoms with Gasteiger partial charge >= 0.3 is 0 Å². The third-order valence-electron chi connectivity index (χ3n) is 4.58. The van der Waals surface area contributed by atoms with E-state index in [4.69, 9.17) is 4.74 Å². The second-order valence-electron chi connectivity index (χ2n) is 7.49. The molecule has 0 spiro atoms. The molecular weight excluding hydrogens is 346 g/mol. The summed E-state index contributed by atoms with van der Waals surface area (Å²) < 4.78 is 5.76. The van der Waals surface area contributed by atoms with E-state index < -0.39 is 0 Å². The van der Waals surface area contributed by atoms with Gasteiger partial charge in [0.1, 0.15) is 5.75 Å². The average molecular weight is 377 g/mol. The molecule has 7 heteroatoms. The van der Waals surface area contributed by atoms with E-state index in [9.17, 15) is 14.7 Å². The molecular formula is C20H31N3O4. The van der Waals surface area contributed by atoms with Crippen molar-refractivity contribution in [1.82, 2.24) is 15.5 Å². The highest BCUT2D eigenvalue weighted by molar-refractivity contribution is 5.94. The summed E-state index contributed by atoms with van der Waals surface area (Å²) in [5.41, 5.74) is 0.468. The molecule has 27 heavy (non-hydrogen) atoms. The van der Waals surface area contributed by atoms with Crippen LogP contribution in [-0.4, -0.2) is 66.2 Å². The molecule has 150 valence electrons. The number of nitrogens with zero attached hydrogens (tertiary/aromatic N) is 1. The lowest BCUT2D eigenvalue weighted by molar-refractivity contribution is -0.135. The monoisotopic (exact) mass is 377 g/mol. The maximum Gasteiger partial charge on any atom is 0.251 e. The summed E-state index contributed by atoms with van der Waals surface area (Å²) in [5.74, 6) is 0.0325. The molecule has 7 nitrogen and oxygen atoms in total. The van der Waals surface area contributed by atoms with Crippen LogP contribution in [0.1, 0.15) is 38.1 Å². The SMILES string of the molecule is CC1CN(C(C(=O)NCCNC(=O)c2ccc(O)cc2)C(C)C)CC(C)O1. The Kier molecular flexibility index (Phi) is 7.62. The number of phenols is 1. The Hall–Kier alpha value is -2.12. The van der Waals surface area contributed by atoms with Crippen molar-refractivity contribution < 1.29 is 19.4 Å². The Morgan fingerprint density at radius 2 is 1.67 bits per heavy atom. The lowest BCUT2D eigenvalue weighted by atomic mass is 9.99. The largest absolute Gasteiger partial charge is 0.508 e. The number of rotatable bonds is 7. The summed E-state index contributed by atoms with van der Waals surface area (Å²) in [6, 6.07) is 5.83. The van der Waals surface area contributed by atoms with E-state index in [-0.39, 0.29) is 41.7 Å². The van der Waals surface area contributed by atoms with Crippen molar-refractivity contribution in [1.29, 1.82) is 0 Å². The van der Waals surface area contributed by atoms with Crippen molar-refractivity contribution in [2.45, 2.75) is 45.9 Å². The first-order valence-corrected chi connectivity index (χ1v) is 9.52. The molecule has 0 aliphatic carbocycles. The molecule has 0 bridgehead atoms. The van der Waals surface area contributed by atoms with Crippen LogP contribution < -0.4 is 10.6 Å². The molecule has 3 N–H and O–H groups in total. The van der Waals surface area contributed by atoms with Crippen molar-refractivity contribution in [2.75, 3.05) is 26.2 Å². The second-order valence-corrected chi connectivity index (χ2v) is 7.49. The molecule has 0 aromatic heterocycles. The minimum absolute atomic E-state index is 0.0230. The van der Waals surface area contributed by atoms with Crippen LogP contribution in [-0.2, 0) is 9.53 Å². The number of ether oxygens (including phenoxy) is 1. The number of phenolic OH excluding ortho intramolecular Hbond substituents is 1. The van der Waals surface area contributed by atoms with Crippen LogP contribution in [0.5, 0.6) is 5.75 Å². The molecule has 0 radical (unpaired) electrons. The molecule has 3 unspecified atom stereocenters. The maximum atomic E-state index is 12.7. The third-order valence-corrected chi connectivity index (χ3v) is 4.58. The van der Waals surface area contributed by atoms with E-state index in [2.05, 4.69) is 15.5 Å². The highest BCUT2D eigenvalue weighted by atomic mass is 16.5. The fourth-order valence-corrected chi connectivity index (χ4v) is 3.52. The van der Waals surface area contributed by atoms with Gasteiger partial charge in [-0.25, -0.2) is 0 Å². The van der Waals surface area contributed by atoms with Crippen molar-refractivity contribution >= 4 is 11.8 Å². The summed E-state index contributed by atoms with van der Waals surface area (Å²) in [6.45, 7) is 10.3. The lowest BCUT2D eigenvalue weighted by Gasteiger charge is -2.41. The zero-order valence-corrected chi connectivity index (χ0v) is 16.6. The van der Waals surface area contributed by atoms with Crippen molar-refractivity contribution in [3.05, 3.63) is 29.8 Å². The van der Waals surface area contributed by atoms with E-state index in [0.29, 0.717) is 18.7 Å². The number of carbonyl (C=O) groups excluding carboxylic acids is 2. The van der Waals surface area contributed by atoms with Gasteiger partial charge in [0.2, 0.25) is 5.91 Å². The highest BCUT2D eigenvalue weighted by Crippen LogP contribution is 2.18. The van der Waals surface area contributed by atoms with Gasteiger partial charge in [0.25, 0.3) is 5.91 Å². The summed E-state index contributed by atoms with van der Waals surface area (Å²) in [6.07, 6.45) is 0.208. The Morgan fingerprint density at radius 3 is 2.22 bits per heavy atom. The zero-order valence-electron chi connectivity index (χ0n) is 16.6. The molecule has 1 aromatic rings. The molecule has 3 atom stereocenters. The second kappa shape index (κ2) is 9.71. The molecule has 2 rings (SSSR count). The first-order chi connectivity index (χ1) is 12.8. The van der Waals surface area contributed by atoms with Gasteiger partial charge in [-0.3, -0.25) is 14.5 Å². The van der Waals surface area contributed by atoms with Crippen LogP contribution in [0, 0.1) is 5.92 Å². The van der Waals surface area contributed by atoms with E-state index in [0.717, 1.165) is 13.1 Å². The van der Waals surface area contributed by atoms with Crippen LogP contribution in [0.25, 0.3) is 0 Å². The fourth-order valence-electron chi connectivity index (χ4n) is 3.52. The average Bonchev–Trinajstić information content (AvgIpc) is 2.58. The summed E-state index contributed by atoms with van der Waals surface area (Å²) in [4.78, 5) is 26.9. The normalized spacial score (nSPS) is 21.7. The topological polar surface area (TPSA) is 90.9 Å². The number of carbonyl (C=O) groups is 2. The molecule has 1 aliphatic rings. The van der Waals surface area contributed by atoms with Gasteiger partial charge in [0.05, 0.1) is 18.2 Å². The molecule has 1 saturated heterocycles. The molecule has 1 aliphatic heterocycles. The Bertz CT molecular complexity index is 623. The highest BCUT2D eigenvalue weighted by Gasteiger charge is 2.33. The van der Waals surface area contributed by atoms with Crippen LogP contribution in [0.15, 0.2) is 24.3 Å². The quantitative estimate of drug-likeness (QED) is 0.625. The molecule has 2 amide bonds. The van der Waals surface area contributed by atoms with Gasteiger partial charge < -0.3 is 20.5 Å². The number of morpholine rings is 1. The standard InChI is InChI=1S/C20H31N3O4/c1-13(2)18(23-11-14(3)27-15(4)12-23)20(26)22-10-9-21-19(25)16-5-7-17(24)8-6-16/h5-8,13-15,18,24H,9-12H2,1-4H3,(H,21,25)(H,22,26). The maximum absolute atomic E-state index is 12.7. The van der Waals surface area contributed by atoms with Gasteiger partial charge in [-0.15, -0.1) is 0 Å². The molecule has 1 aromatic carbocycles. The van der Waals surface area contributed by atoms with E-state index in [1.54, 1.807) is 12.1 Å². The lowest BCUT2D eigenvalue weighted by Crippen LogP contribution is -2.57. The van der Waals surface area contributed by atoms with Gasteiger partial charge in [-0.1, -0.05) is 13.8 Å². The van der Waals surface area contributed by atoms with Crippen LogP contribution in [0.4, 0.5) is 0 Å². The van der Waals surface area contributed by atoms with Crippen molar-refractivity contribution in [2.24, 2.45) is 5.92 Å². The van der Waals surface area contributed by atoms with Gasteiger partial charge in [0.15, 0.2) is 0 Å². The number of hydrogen-bond donors (Lipinski definition) is 3. The smallest absolute Gasteiger partial charge is 0.251 e. The van der Waals surface area contributed by atoms with E-state index >= 15 is 0 Å². The molecule has 0 saturated carbocycles. The first-order valence-electron chi connectivity index (χ1n) is 9.52. The van der Waals surface area contributed by atoms with Crippen LogP contribution >= 0.6 is 0 Å². The number of benzene rings is 1. The van der Waals surface area contributed by atoms with Gasteiger partial charge in [-0.2, -0.15) is 0 Å². The van der Waals surface area contributed by atoms with Gasteiger partial charge in [-0.05, 0) is 44.0 Å². The number of nitrogens with one attached hydrogen (secondary N) is 2. The Balaban J connectivity index is 1.81. The van der Waals surface area contributed by atoms with E-state index in [1.165, 1.54) is 12.1 Å². The number of amides is 2. The predicted octanol–water partition coefficient (Wildman–Crippen LogP) is 1.37. The first kappa shape index (κ1) is 21.2. The minimum Gasteiger partial charge on any atom is -0.508 e. The predicted molar refractivity (Wildman–Crippen MR) is 104 cm³/mol. The molecule has 1 fully saturated rings. The summed E-state index contributed by atoms with van der Waals surface area (Å²) in [7, 11) is 0. The van der Waals surface area contributed by atoms with Crippen molar-refractivity contribution in [3.63, 3.8) is 0 Å². The van der Waals surface area contributed by atoms with Crippen LogP contribution in [0.2, 0.25) is 0 Å². The zero-order chi connectivity index (χ0) is 20.0. The number of aromatic hydroxyl groups is 1. The third kappa shape index (κ3) is 6.22. The Labute approximate surface area is 161 Å². The van der Waals surface area contributed by atoms with Crippen LogP contribution in [0.3, 0.4) is 0 Å². The Morgan fingerprint density at radius 1 is 1.11 bits per heavy atom. The minimum atomic E-state index is -0.236. The van der Waals surface area contributed by atoms with E-state index in [1.807, 2.05) is 27.7 Å².